The minimum absolute atomic E-state index is 0.161. The molecule has 148 valence electrons. The molecule has 4 saturated carbocycles. The van der Waals surface area contributed by atoms with Gasteiger partial charge in [-0.3, -0.25) is 4.79 Å². The van der Waals surface area contributed by atoms with Crippen LogP contribution in [0.1, 0.15) is 68.6 Å². The molecule has 1 heterocycles. The second kappa shape index (κ2) is 6.68. The Morgan fingerprint density at radius 1 is 1.04 bits per heavy atom. The van der Waals surface area contributed by atoms with Gasteiger partial charge in [0.1, 0.15) is 0 Å². The van der Waals surface area contributed by atoms with Crippen LogP contribution in [0.3, 0.4) is 0 Å². The predicted octanol–water partition coefficient (Wildman–Crippen LogP) is 3.61. The Morgan fingerprint density at radius 2 is 1.61 bits per heavy atom. The molecule has 2 aromatic rings. The summed E-state index contributed by atoms with van der Waals surface area (Å²) >= 11 is 0. The smallest absolute Gasteiger partial charge is 0.295 e. The Morgan fingerprint density at radius 3 is 2.14 bits per heavy atom. The van der Waals surface area contributed by atoms with Gasteiger partial charge in [0.2, 0.25) is 0 Å². The summed E-state index contributed by atoms with van der Waals surface area (Å²) in [5, 5.41) is 12.4. The van der Waals surface area contributed by atoms with Gasteiger partial charge in [-0.2, -0.15) is 0 Å². The van der Waals surface area contributed by atoms with Crippen LogP contribution in [0, 0.1) is 17.8 Å². The third-order valence-corrected chi connectivity index (χ3v) is 7.40. The Kier molecular flexibility index (Phi) is 4.25. The summed E-state index contributed by atoms with van der Waals surface area (Å²) in [5.74, 6) is 2.82. The molecule has 6 rings (SSSR count). The van der Waals surface area contributed by atoms with Gasteiger partial charge in [-0.25, -0.2) is 0 Å². The van der Waals surface area contributed by atoms with Gasteiger partial charge in [-0.15, -0.1) is 15.0 Å². The summed E-state index contributed by atoms with van der Waals surface area (Å²) in [4.78, 5) is 15.6. The average Bonchev–Trinajstić information content (AvgIpc) is 3.18. The lowest BCUT2D eigenvalue weighted by atomic mass is 9.48. The van der Waals surface area contributed by atoms with Crippen molar-refractivity contribution in [2.24, 2.45) is 17.8 Å². The molecular formula is C22H29N5O. The van der Waals surface area contributed by atoms with Gasteiger partial charge >= 0.3 is 0 Å². The molecule has 28 heavy (non-hydrogen) atoms. The summed E-state index contributed by atoms with van der Waals surface area (Å²) in [6.45, 7) is 5.19. The monoisotopic (exact) mass is 379 g/mol. The zero-order valence-corrected chi connectivity index (χ0v) is 16.8. The molecule has 4 aliphatic carbocycles. The second-order valence-corrected chi connectivity index (χ2v) is 9.12. The molecule has 1 aromatic carbocycles. The Labute approximate surface area is 166 Å². The number of carbonyl (C=O) groups excluding carboxylic acids is 1. The molecule has 0 saturated heterocycles. The Bertz CT molecular complexity index is 832. The first-order valence-electron chi connectivity index (χ1n) is 10.8. The minimum Gasteiger partial charge on any atom is -0.336 e. The normalized spacial score (nSPS) is 30.6. The van der Waals surface area contributed by atoms with Crippen molar-refractivity contribution in [3.63, 3.8) is 0 Å². The van der Waals surface area contributed by atoms with E-state index in [1.54, 1.807) is 4.90 Å². The van der Waals surface area contributed by atoms with Gasteiger partial charge in [0.25, 0.3) is 11.7 Å². The van der Waals surface area contributed by atoms with E-state index in [9.17, 15) is 4.79 Å². The molecule has 0 N–H and O–H groups in total. The molecule has 4 aliphatic rings. The fourth-order valence-corrected chi connectivity index (χ4v) is 6.47. The predicted molar refractivity (Wildman–Crippen MR) is 106 cm³/mol. The van der Waals surface area contributed by atoms with Crippen molar-refractivity contribution in [3.8, 4) is 5.69 Å². The van der Waals surface area contributed by atoms with E-state index in [-0.39, 0.29) is 11.7 Å². The SMILES string of the molecule is CCN(CC)C(=O)c1nnn(-c2ccc(C34CC5CC(CC(C5)C3)C4)cc2)n1. The van der Waals surface area contributed by atoms with Crippen molar-refractivity contribution >= 4 is 5.91 Å². The molecular weight excluding hydrogens is 350 g/mol. The molecule has 1 aromatic heterocycles. The third-order valence-electron chi connectivity index (χ3n) is 7.40. The van der Waals surface area contributed by atoms with E-state index in [1.165, 1.54) is 48.9 Å². The number of rotatable bonds is 5. The number of aromatic nitrogens is 4. The third kappa shape index (κ3) is 2.85. The summed E-state index contributed by atoms with van der Waals surface area (Å²) in [7, 11) is 0. The van der Waals surface area contributed by atoms with E-state index < -0.39 is 0 Å². The highest BCUT2D eigenvalue weighted by molar-refractivity contribution is 5.90. The van der Waals surface area contributed by atoms with Gasteiger partial charge in [0, 0.05) is 13.1 Å². The van der Waals surface area contributed by atoms with Crippen LogP contribution >= 0.6 is 0 Å². The molecule has 0 spiro atoms. The average molecular weight is 380 g/mol. The fraction of sp³-hybridized carbons (Fsp3) is 0.636. The quantitative estimate of drug-likeness (QED) is 0.796. The first kappa shape index (κ1) is 17.8. The first-order valence-corrected chi connectivity index (χ1v) is 10.8. The molecule has 1 amide bonds. The molecule has 4 fully saturated rings. The van der Waals surface area contributed by atoms with E-state index in [1.807, 2.05) is 13.8 Å². The summed E-state index contributed by atoms with van der Waals surface area (Å²) < 4.78 is 0. The van der Waals surface area contributed by atoms with Crippen LogP contribution in [0.5, 0.6) is 0 Å². The Hall–Kier alpha value is -2.24. The number of hydrogen-bond donors (Lipinski definition) is 0. The number of benzene rings is 1. The standard InChI is InChI=1S/C22H29N5O/c1-3-26(4-2)21(28)20-23-25-27(24-20)19-7-5-18(6-8-19)22-12-15-9-16(13-22)11-17(10-15)14-22/h5-8,15-17H,3-4,9-14H2,1-2H3. The van der Waals surface area contributed by atoms with Gasteiger partial charge < -0.3 is 4.90 Å². The maximum Gasteiger partial charge on any atom is 0.295 e. The van der Waals surface area contributed by atoms with Crippen LogP contribution < -0.4 is 0 Å². The molecule has 0 unspecified atom stereocenters. The highest BCUT2D eigenvalue weighted by Gasteiger charge is 2.51. The molecule has 6 nitrogen and oxygen atoms in total. The van der Waals surface area contributed by atoms with Crippen molar-refractivity contribution in [1.82, 2.24) is 25.1 Å². The molecule has 0 aliphatic heterocycles. The highest BCUT2D eigenvalue weighted by atomic mass is 16.2. The fourth-order valence-electron chi connectivity index (χ4n) is 6.47. The summed E-state index contributed by atoms with van der Waals surface area (Å²) in [5.41, 5.74) is 2.74. The van der Waals surface area contributed by atoms with Crippen LogP contribution in [0.4, 0.5) is 0 Å². The number of nitrogens with zero attached hydrogens (tertiary/aromatic N) is 5. The van der Waals surface area contributed by atoms with Crippen molar-refractivity contribution in [1.29, 1.82) is 0 Å². The molecule has 4 bridgehead atoms. The minimum atomic E-state index is -0.165. The van der Waals surface area contributed by atoms with Crippen LogP contribution in [0.15, 0.2) is 24.3 Å². The summed E-state index contributed by atoms with van der Waals surface area (Å²) in [6.07, 6.45) is 8.48. The molecule has 0 atom stereocenters. The van der Waals surface area contributed by atoms with Gasteiger partial charge in [0.15, 0.2) is 0 Å². The lowest BCUT2D eigenvalue weighted by molar-refractivity contribution is -0.00518. The van der Waals surface area contributed by atoms with Crippen LogP contribution in [0.2, 0.25) is 0 Å². The Balaban J connectivity index is 1.37. The number of amides is 1. The van der Waals surface area contributed by atoms with Gasteiger partial charge in [-0.05, 0) is 98.5 Å². The van der Waals surface area contributed by atoms with Crippen molar-refractivity contribution in [2.75, 3.05) is 13.1 Å². The zero-order valence-electron chi connectivity index (χ0n) is 16.8. The lowest BCUT2D eigenvalue weighted by Gasteiger charge is -2.57. The highest BCUT2D eigenvalue weighted by Crippen LogP contribution is 2.60. The van der Waals surface area contributed by atoms with E-state index >= 15 is 0 Å². The molecule has 6 heteroatoms. The van der Waals surface area contributed by atoms with Gasteiger partial charge in [-0.1, -0.05) is 12.1 Å². The maximum absolute atomic E-state index is 12.4. The van der Waals surface area contributed by atoms with Crippen molar-refractivity contribution < 1.29 is 4.79 Å². The van der Waals surface area contributed by atoms with E-state index in [2.05, 4.69) is 39.7 Å². The lowest BCUT2D eigenvalue weighted by Crippen LogP contribution is -2.48. The number of tetrazole rings is 1. The number of hydrogen-bond acceptors (Lipinski definition) is 4. The molecule has 0 radical (unpaired) electrons. The van der Waals surface area contributed by atoms with E-state index in [0.29, 0.717) is 18.5 Å². The van der Waals surface area contributed by atoms with E-state index in [0.717, 1.165) is 23.4 Å². The van der Waals surface area contributed by atoms with Crippen LogP contribution in [-0.2, 0) is 5.41 Å². The second-order valence-electron chi connectivity index (χ2n) is 9.12. The number of carbonyl (C=O) groups is 1. The zero-order chi connectivity index (χ0) is 19.3. The van der Waals surface area contributed by atoms with Crippen molar-refractivity contribution in [2.45, 2.75) is 57.8 Å². The summed E-state index contributed by atoms with van der Waals surface area (Å²) in [6, 6.07) is 8.69. The van der Waals surface area contributed by atoms with Crippen LogP contribution in [0.25, 0.3) is 5.69 Å². The maximum atomic E-state index is 12.4. The van der Waals surface area contributed by atoms with Gasteiger partial charge in [0.05, 0.1) is 5.69 Å². The van der Waals surface area contributed by atoms with Crippen LogP contribution in [-0.4, -0.2) is 44.1 Å². The van der Waals surface area contributed by atoms with Crippen molar-refractivity contribution in [3.05, 3.63) is 35.7 Å². The first-order chi connectivity index (χ1) is 13.6. The van der Waals surface area contributed by atoms with E-state index in [4.69, 9.17) is 0 Å². The largest absolute Gasteiger partial charge is 0.336 e. The topological polar surface area (TPSA) is 63.9 Å².